The van der Waals surface area contributed by atoms with E-state index in [9.17, 15) is 19.2 Å². The number of aromatic amines is 1. The van der Waals surface area contributed by atoms with Gasteiger partial charge < -0.3 is 14.2 Å². The van der Waals surface area contributed by atoms with Gasteiger partial charge in [0.2, 0.25) is 0 Å². The van der Waals surface area contributed by atoms with Crippen molar-refractivity contribution in [3.63, 3.8) is 0 Å². The third-order valence-corrected chi connectivity index (χ3v) is 3.11. The Kier molecular flexibility index (Phi) is 4.76. The first-order chi connectivity index (χ1) is 10.4. The number of nitrogens with zero attached hydrogens (tertiary/aromatic N) is 1. The molecule has 0 aliphatic carbocycles. The van der Waals surface area contributed by atoms with Gasteiger partial charge in [0.05, 0.1) is 0 Å². The maximum atomic E-state index is 11.8. The summed E-state index contributed by atoms with van der Waals surface area (Å²) in [7, 11) is 0. The van der Waals surface area contributed by atoms with Gasteiger partial charge in [-0.1, -0.05) is 0 Å². The Balaban J connectivity index is 2.17. The summed E-state index contributed by atoms with van der Waals surface area (Å²) < 4.78 is 16.8. The molecule has 0 aromatic carbocycles. The highest BCUT2D eigenvalue weighted by molar-refractivity contribution is 5.66. The minimum Gasteiger partial charge on any atom is -0.463 e. The van der Waals surface area contributed by atoms with E-state index in [0.717, 1.165) is 0 Å². The number of ether oxygens (including phenoxy) is 3. The van der Waals surface area contributed by atoms with E-state index in [1.807, 2.05) is 0 Å². The van der Waals surface area contributed by atoms with Crippen LogP contribution in [-0.4, -0.2) is 40.3 Å². The summed E-state index contributed by atoms with van der Waals surface area (Å²) in [5.74, 6) is -0.995. The molecule has 0 radical (unpaired) electrons. The second kappa shape index (κ2) is 6.56. The van der Waals surface area contributed by atoms with E-state index in [4.69, 9.17) is 14.2 Å². The average molecular weight is 314 g/mol. The lowest BCUT2D eigenvalue weighted by Crippen LogP contribution is -2.32. The maximum Gasteiger partial charge on any atom is 0.330 e. The molecule has 1 aliphatic rings. The van der Waals surface area contributed by atoms with Crippen LogP contribution in [0.1, 0.15) is 26.5 Å². The van der Waals surface area contributed by atoms with Gasteiger partial charge in [0.15, 0.2) is 0 Å². The molecule has 1 N–H and O–H groups in total. The summed E-state index contributed by atoms with van der Waals surface area (Å²) in [5, 5.41) is 0. The SMILES string of the molecule is CC(=O)OC[13C@H]1O[C@@H](n2ccc(=O)[nH]c2=O)C[13C@H]1OC(C)=O. The predicted molar refractivity (Wildman–Crippen MR) is 72.0 cm³/mol. The highest BCUT2D eigenvalue weighted by Gasteiger charge is 2.39. The number of esters is 2. The number of rotatable bonds is 4. The molecule has 0 spiro atoms. The van der Waals surface area contributed by atoms with E-state index < -0.39 is 41.6 Å². The Labute approximate surface area is 124 Å². The van der Waals surface area contributed by atoms with Crippen molar-refractivity contribution in [1.82, 2.24) is 9.55 Å². The van der Waals surface area contributed by atoms with E-state index in [2.05, 4.69) is 4.98 Å². The number of carbonyl (C=O) groups excluding carboxylic acids is 2. The van der Waals surface area contributed by atoms with Gasteiger partial charge in [-0.25, -0.2) is 4.79 Å². The monoisotopic (exact) mass is 314 g/mol. The molecule has 9 heteroatoms. The van der Waals surface area contributed by atoms with Gasteiger partial charge in [-0.05, 0) is 0 Å². The molecule has 2 heterocycles. The van der Waals surface area contributed by atoms with Crippen LogP contribution < -0.4 is 11.2 Å². The van der Waals surface area contributed by atoms with Gasteiger partial charge in [-0.15, -0.1) is 0 Å². The fourth-order valence-electron chi connectivity index (χ4n) is 2.21. The standard InChI is InChI=1S/C13H16N2O7/c1-7(16)20-6-10-9(21-8(2)17)5-12(22-10)15-4-3-11(18)14-13(15)19/h3-4,9-10,12H,5-6H2,1-2H3,(H,14,18,19)/t9-,10-,12-/m1/s1/i9+1,10+1. The molecule has 0 saturated carbocycles. The van der Waals surface area contributed by atoms with Crippen molar-refractivity contribution in [2.75, 3.05) is 6.61 Å². The summed E-state index contributed by atoms with van der Waals surface area (Å²) in [4.78, 5) is 47.0. The second-order valence-corrected chi connectivity index (χ2v) is 4.83. The molecule has 22 heavy (non-hydrogen) atoms. The summed E-state index contributed by atoms with van der Waals surface area (Å²) >= 11 is 0. The molecule has 1 aliphatic heterocycles. The van der Waals surface area contributed by atoms with Crippen LogP contribution in [0.15, 0.2) is 21.9 Å². The lowest BCUT2D eigenvalue weighted by atomic mass is 10.5. The van der Waals surface area contributed by atoms with Crippen LogP contribution >= 0.6 is 0 Å². The summed E-state index contributed by atoms with van der Waals surface area (Å²) in [6.45, 7) is 2.41. The van der Waals surface area contributed by atoms with Crippen molar-refractivity contribution in [1.29, 1.82) is 0 Å². The van der Waals surface area contributed by atoms with Crippen LogP contribution in [0, 0.1) is 0 Å². The first-order valence-electron chi connectivity index (χ1n) is 6.64. The largest absolute Gasteiger partial charge is 0.463 e. The lowest BCUT2D eigenvalue weighted by molar-refractivity contribution is -0.155. The van der Waals surface area contributed by atoms with Crippen LogP contribution in [0.4, 0.5) is 0 Å². The van der Waals surface area contributed by atoms with Crippen LogP contribution in [0.2, 0.25) is 0 Å². The highest BCUT2D eigenvalue weighted by Crippen LogP contribution is 2.30. The Morgan fingerprint density at radius 2 is 2.09 bits per heavy atom. The van der Waals surface area contributed by atoms with Gasteiger partial charge in [0.25, 0.3) is 5.56 Å². The van der Waals surface area contributed by atoms with Crippen LogP contribution in [-0.2, 0) is 23.8 Å². The molecule has 0 amide bonds. The molecule has 1 fully saturated rings. The second-order valence-electron chi connectivity index (χ2n) is 4.83. The van der Waals surface area contributed by atoms with Crippen molar-refractivity contribution in [2.45, 2.75) is 38.7 Å². The van der Waals surface area contributed by atoms with Crippen molar-refractivity contribution in [2.24, 2.45) is 0 Å². The maximum absolute atomic E-state index is 11.8. The predicted octanol–water partition coefficient (Wildman–Crippen LogP) is -0.681. The third kappa shape index (κ3) is 3.82. The van der Waals surface area contributed by atoms with Gasteiger partial charge in [-0.2, -0.15) is 0 Å². The summed E-state index contributed by atoms with van der Waals surface area (Å²) in [6.07, 6.45) is -0.561. The van der Waals surface area contributed by atoms with Crippen LogP contribution in [0.5, 0.6) is 0 Å². The van der Waals surface area contributed by atoms with E-state index in [-0.39, 0.29) is 13.0 Å². The number of H-pyrrole nitrogens is 1. The molecule has 0 bridgehead atoms. The van der Waals surface area contributed by atoms with Gasteiger partial charge in [-0.3, -0.25) is 23.9 Å². The molecule has 1 aromatic rings. The van der Waals surface area contributed by atoms with Crippen molar-refractivity contribution in [3.8, 4) is 0 Å². The Hall–Kier alpha value is -2.42. The zero-order chi connectivity index (χ0) is 16.3. The number of hydrogen-bond acceptors (Lipinski definition) is 7. The quantitative estimate of drug-likeness (QED) is 0.578. The molecular formula is C13H16N2O7. The Bertz CT molecular complexity index is 677. The molecule has 2 rings (SSSR count). The number of aromatic nitrogens is 2. The fraction of sp³-hybridized carbons (Fsp3) is 0.538. The Morgan fingerprint density at radius 1 is 1.36 bits per heavy atom. The van der Waals surface area contributed by atoms with Gasteiger partial charge in [0.1, 0.15) is 25.0 Å². The number of hydrogen-bond donors (Lipinski definition) is 1. The van der Waals surface area contributed by atoms with Crippen molar-refractivity contribution < 1.29 is 23.8 Å². The lowest BCUT2D eigenvalue weighted by Gasteiger charge is -2.17. The third-order valence-electron chi connectivity index (χ3n) is 3.11. The molecule has 3 atom stereocenters. The van der Waals surface area contributed by atoms with Gasteiger partial charge >= 0.3 is 17.6 Å². The molecule has 1 saturated heterocycles. The first-order valence-corrected chi connectivity index (χ1v) is 6.64. The highest BCUT2D eigenvalue weighted by atomic mass is 16.7. The van der Waals surface area contributed by atoms with Gasteiger partial charge in [0, 0.05) is 32.5 Å². The molecule has 120 valence electrons. The zero-order valence-electron chi connectivity index (χ0n) is 12.1. The van der Waals surface area contributed by atoms with Crippen molar-refractivity contribution >= 4 is 11.9 Å². The van der Waals surface area contributed by atoms with E-state index in [1.54, 1.807) is 0 Å². The molecule has 0 unspecified atom stereocenters. The number of nitrogens with one attached hydrogen (secondary N) is 1. The van der Waals surface area contributed by atoms with Crippen molar-refractivity contribution in [3.05, 3.63) is 33.1 Å². The van der Waals surface area contributed by atoms with Crippen LogP contribution in [0.25, 0.3) is 0 Å². The molecule has 1 aromatic heterocycles. The molecule has 9 nitrogen and oxygen atoms in total. The smallest absolute Gasteiger partial charge is 0.330 e. The van der Waals surface area contributed by atoms with E-state index >= 15 is 0 Å². The Morgan fingerprint density at radius 3 is 2.68 bits per heavy atom. The van der Waals surface area contributed by atoms with E-state index in [1.165, 1.54) is 30.7 Å². The summed E-state index contributed by atoms with van der Waals surface area (Å²) in [5.41, 5.74) is -1.15. The normalized spacial score (nSPS) is 24.0. The first kappa shape index (κ1) is 16.0. The topological polar surface area (TPSA) is 117 Å². The zero-order valence-corrected chi connectivity index (χ0v) is 12.1. The minimum absolute atomic E-state index is 0.0954. The molecular weight excluding hydrogens is 298 g/mol. The summed E-state index contributed by atoms with van der Waals surface area (Å²) in [6, 6.07) is 1.19. The number of carbonyl (C=O) groups is 2. The van der Waals surface area contributed by atoms with Crippen LogP contribution in [0.3, 0.4) is 0 Å². The average Bonchev–Trinajstić information content (AvgIpc) is 2.78. The minimum atomic E-state index is -0.728. The fourth-order valence-corrected chi connectivity index (χ4v) is 2.21. The van der Waals surface area contributed by atoms with E-state index in [0.29, 0.717) is 0 Å².